The standard InChI is InChI=1S/C14H20N2S/c1-12-6-4-7-13(10-12)17-9-5-8-14(2,11-15)16-3/h4,6-7,10,16H,5,8-9H2,1-3H3. The SMILES string of the molecule is CNC(C)(C#N)CCCSc1cccc(C)c1. The molecule has 3 heteroatoms. The molecule has 17 heavy (non-hydrogen) atoms. The van der Waals surface area contributed by atoms with E-state index in [9.17, 15) is 0 Å². The Hall–Kier alpha value is -0.980. The lowest BCUT2D eigenvalue weighted by atomic mass is 9.99. The van der Waals surface area contributed by atoms with Crippen LogP contribution in [-0.4, -0.2) is 18.3 Å². The molecule has 0 aliphatic carbocycles. The number of aryl methyl sites for hydroxylation is 1. The molecular weight excluding hydrogens is 228 g/mol. The summed E-state index contributed by atoms with van der Waals surface area (Å²) < 4.78 is 0. The number of nitriles is 1. The monoisotopic (exact) mass is 248 g/mol. The minimum Gasteiger partial charge on any atom is -0.303 e. The molecule has 2 nitrogen and oxygen atoms in total. The molecule has 0 amide bonds. The smallest absolute Gasteiger partial charge is 0.103 e. The maximum Gasteiger partial charge on any atom is 0.103 e. The fourth-order valence-corrected chi connectivity index (χ4v) is 2.53. The predicted molar refractivity (Wildman–Crippen MR) is 74.2 cm³/mol. The van der Waals surface area contributed by atoms with Crippen LogP contribution in [0.25, 0.3) is 0 Å². The first kappa shape index (κ1) is 14.1. The maximum absolute atomic E-state index is 9.02. The predicted octanol–water partition coefficient (Wildman–Crippen LogP) is 3.37. The van der Waals surface area contributed by atoms with Crippen molar-refractivity contribution in [1.82, 2.24) is 5.32 Å². The second kappa shape index (κ2) is 6.68. The first-order valence-electron chi connectivity index (χ1n) is 5.89. The van der Waals surface area contributed by atoms with Gasteiger partial charge in [0.05, 0.1) is 6.07 Å². The molecule has 1 unspecified atom stereocenters. The van der Waals surface area contributed by atoms with Gasteiger partial charge >= 0.3 is 0 Å². The minimum absolute atomic E-state index is 0.382. The molecule has 0 radical (unpaired) electrons. The van der Waals surface area contributed by atoms with Crippen molar-refractivity contribution in [3.8, 4) is 6.07 Å². The van der Waals surface area contributed by atoms with E-state index in [4.69, 9.17) is 5.26 Å². The Labute approximate surface area is 108 Å². The Morgan fingerprint density at radius 1 is 1.47 bits per heavy atom. The van der Waals surface area contributed by atoms with Crippen LogP contribution in [0.15, 0.2) is 29.2 Å². The van der Waals surface area contributed by atoms with E-state index < -0.39 is 0 Å². The van der Waals surface area contributed by atoms with E-state index in [1.807, 2.05) is 25.7 Å². The second-order valence-electron chi connectivity index (χ2n) is 4.46. The normalized spacial score (nSPS) is 14.0. The molecule has 0 aliphatic heterocycles. The topological polar surface area (TPSA) is 35.8 Å². The summed E-state index contributed by atoms with van der Waals surface area (Å²) >= 11 is 1.86. The fraction of sp³-hybridized carbons (Fsp3) is 0.500. The van der Waals surface area contributed by atoms with Gasteiger partial charge in [0.25, 0.3) is 0 Å². The zero-order chi connectivity index (χ0) is 12.7. The van der Waals surface area contributed by atoms with Crippen molar-refractivity contribution < 1.29 is 0 Å². The van der Waals surface area contributed by atoms with Gasteiger partial charge in [-0.2, -0.15) is 5.26 Å². The Bertz CT molecular complexity index is 397. The Kier molecular flexibility index (Phi) is 5.54. The molecule has 0 fully saturated rings. The van der Waals surface area contributed by atoms with E-state index in [0.29, 0.717) is 0 Å². The minimum atomic E-state index is -0.382. The first-order valence-corrected chi connectivity index (χ1v) is 6.88. The number of benzene rings is 1. The highest BCUT2D eigenvalue weighted by Gasteiger charge is 2.19. The Morgan fingerprint density at radius 2 is 2.24 bits per heavy atom. The highest BCUT2D eigenvalue weighted by Crippen LogP contribution is 2.21. The van der Waals surface area contributed by atoms with Gasteiger partial charge in [-0.3, -0.25) is 0 Å². The molecule has 0 saturated carbocycles. The quantitative estimate of drug-likeness (QED) is 0.619. The molecule has 1 N–H and O–H groups in total. The zero-order valence-electron chi connectivity index (χ0n) is 10.8. The van der Waals surface area contributed by atoms with Crippen molar-refractivity contribution in [3.05, 3.63) is 29.8 Å². The van der Waals surface area contributed by atoms with Crippen molar-refractivity contribution in [2.45, 2.75) is 37.1 Å². The second-order valence-corrected chi connectivity index (χ2v) is 5.63. The van der Waals surface area contributed by atoms with Crippen LogP contribution in [0.2, 0.25) is 0 Å². The van der Waals surface area contributed by atoms with Crippen molar-refractivity contribution in [2.75, 3.05) is 12.8 Å². The summed E-state index contributed by atoms with van der Waals surface area (Å²) in [6, 6.07) is 10.9. The highest BCUT2D eigenvalue weighted by atomic mass is 32.2. The van der Waals surface area contributed by atoms with Crippen molar-refractivity contribution in [1.29, 1.82) is 5.26 Å². The summed E-state index contributed by atoms with van der Waals surface area (Å²) in [5, 5.41) is 12.1. The third-order valence-electron chi connectivity index (χ3n) is 2.88. The molecule has 92 valence electrons. The molecule has 0 heterocycles. The zero-order valence-corrected chi connectivity index (χ0v) is 11.6. The molecule has 1 atom stereocenters. The van der Waals surface area contributed by atoms with Crippen molar-refractivity contribution in [2.24, 2.45) is 0 Å². The van der Waals surface area contributed by atoms with Crippen LogP contribution in [0.5, 0.6) is 0 Å². The fourth-order valence-electron chi connectivity index (χ4n) is 1.56. The Balaban J connectivity index is 2.32. The third-order valence-corrected chi connectivity index (χ3v) is 3.96. The van der Waals surface area contributed by atoms with E-state index in [0.717, 1.165) is 18.6 Å². The van der Waals surface area contributed by atoms with Crippen LogP contribution < -0.4 is 5.32 Å². The average Bonchev–Trinajstić information content (AvgIpc) is 2.34. The van der Waals surface area contributed by atoms with Gasteiger partial charge < -0.3 is 5.32 Å². The summed E-state index contributed by atoms with van der Waals surface area (Å²) in [5.41, 5.74) is 0.916. The molecule has 1 rings (SSSR count). The first-order chi connectivity index (χ1) is 8.09. The van der Waals surface area contributed by atoms with Crippen LogP contribution in [0.1, 0.15) is 25.3 Å². The third kappa shape index (κ3) is 4.80. The van der Waals surface area contributed by atoms with Gasteiger partial charge in [0, 0.05) is 4.90 Å². The van der Waals surface area contributed by atoms with Gasteiger partial charge in [-0.05, 0) is 51.6 Å². The molecular formula is C14H20N2S. The van der Waals surface area contributed by atoms with Crippen LogP contribution in [0.4, 0.5) is 0 Å². The lowest BCUT2D eigenvalue weighted by Gasteiger charge is -2.20. The van der Waals surface area contributed by atoms with E-state index >= 15 is 0 Å². The Morgan fingerprint density at radius 3 is 2.82 bits per heavy atom. The van der Waals surface area contributed by atoms with Crippen molar-refractivity contribution in [3.63, 3.8) is 0 Å². The van der Waals surface area contributed by atoms with E-state index in [1.165, 1.54) is 10.5 Å². The average molecular weight is 248 g/mol. The highest BCUT2D eigenvalue weighted by molar-refractivity contribution is 7.99. The van der Waals surface area contributed by atoms with Crippen molar-refractivity contribution >= 4 is 11.8 Å². The van der Waals surface area contributed by atoms with Gasteiger partial charge in [0.15, 0.2) is 0 Å². The number of hydrogen-bond donors (Lipinski definition) is 1. The molecule has 0 aliphatic rings. The maximum atomic E-state index is 9.02. The van der Waals surface area contributed by atoms with Gasteiger partial charge in [-0.1, -0.05) is 17.7 Å². The molecule has 1 aromatic rings. The molecule has 0 spiro atoms. The van der Waals surface area contributed by atoms with Gasteiger partial charge in [-0.15, -0.1) is 11.8 Å². The summed E-state index contributed by atoms with van der Waals surface area (Å²) in [4.78, 5) is 1.31. The largest absolute Gasteiger partial charge is 0.303 e. The van der Waals surface area contributed by atoms with Crippen LogP contribution in [0, 0.1) is 18.3 Å². The van der Waals surface area contributed by atoms with Crippen LogP contribution in [-0.2, 0) is 0 Å². The summed E-state index contributed by atoms with van der Waals surface area (Å²) in [6.07, 6.45) is 1.93. The summed E-state index contributed by atoms with van der Waals surface area (Å²) in [7, 11) is 1.84. The lowest BCUT2D eigenvalue weighted by Crippen LogP contribution is -2.37. The van der Waals surface area contributed by atoms with E-state index in [-0.39, 0.29) is 5.54 Å². The molecule has 0 saturated heterocycles. The van der Waals surface area contributed by atoms with Crippen LogP contribution in [0.3, 0.4) is 0 Å². The van der Waals surface area contributed by atoms with Gasteiger partial charge in [-0.25, -0.2) is 0 Å². The van der Waals surface area contributed by atoms with E-state index in [2.05, 4.69) is 42.6 Å². The molecule has 1 aromatic carbocycles. The summed E-state index contributed by atoms with van der Waals surface area (Å²) in [6.45, 7) is 4.06. The number of hydrogen-bond acceptors (Lipinski definition) is 3. The number of nitrogens with zero attached hydrogens (tertiary/aromatic N) is 1. The van der Waals surface area contributed by atoms with Gasteiger partial charge in [0.2, 0.25) is 0 Å². The molecule has 0 aromatic heterocycles. The van der Waals surface area contributed by atoms with E-state index in [1.54, 1.807) is 0 Å². The summed E-state index contributed by atoms with van der Waals surface area (Å²) in [5.74, 6) is 1.06. The molecule has 0 bridgehead atoms. The van der Waals surface area contributed by atoms with Gasteiger partial charge in [0.1, 0.15) is 5.54 Å². The lowest BCUT2D eigenvalue weighted by molar-refractivity contribution is 0.451. The number of rotatable bonds is 6. The number of nitrogens with one attached hydrogen (secondary N) is 1. The number of thioether (sulfide) groups is 1. The van der Waals surface area contributed by atoms with Crippen LogP contribution >= 0.6 is 11.8 Å².